The minimum absolute atomic E-state index is 0.228. The van der Waals surface area contributed by atoms with E-state index < -0.39 is 0 Å². The molecule has 0 unspecified atom stereocenters. The first-order chi connectivity index (χ1) is 7.74. The lowest BCUT2D eigenvalue weighted by Crippen LogP contribution is -1.96. The van der Waals surface area contributed by atoms with E-state index >= 15 is 0 Å². The zero-order valence-corrected chi connectivity index (χ0v) is 10.2. The van der Waals surface area contributed by atoms with E-state index in [0.29, 0.717) is 17.5 Å². The Labute approximate surface area is 101 Å². The molecule has 6 heteroatoms. The molecule has 0 aliphatic heterocycles. The molecule has 1 aromatic carbocycles. The second-order valence-electron chi connectivity index (χ2n) is 3.06. The van der Waals surface area contributed by atoms with Gasteiger partial charge >= 0.3 is 0 Å². The summed E-state index contributed by atoms with van der Waals surface area (Å²) in [5, 5.41) is 3.83. The largest absolute Gasteiger partial charge is 0.496 e. The van der Waals surface area contributed by atoms with Crippen LogP contribution in [0.4, 0.5) is 0 Å². The minimum Gasteiger partial charge on any atom is -0.496 e. The van der Waals surface area contributed by atoms with Crippen LogP contribution in [0.2, 0.25) is 0 Å². The average Bonchev–Trinajstić information content (AvgIpc) is 2.77. The van der Waals surface area contributed by atoms with E-state index in [1.165, 1.54) is 0 Å². The van der Waals surface area contributed by atoms with E-state index in [4.69, 9.17) is 15.0 Å². The summed E-state index contributed by atoms with van der Waals surface area (Å²) in [7, 11) is 1.59. The van der Waals surface area contributed by atoms with Crippen LogP contribution >= 0.6 is 15.9 Å². The summed E-state index contributed by atoms with van der Waals surface area (Å²) in [4.78, 5) is 4.14. The predicted molar refractivity (Wildman–Crippen MR) is 61.9 cm³/mol. The van der Waals surface area contributed by atoms with Crippen LogP contribution in [0, 0.1) is 0 Å². The van der Waals surface area contributed by atoms with E-state index in [0.717, 1.165) is 10.0 Å². The lowest BCUT2D eigenvalue weighted by Gasteiger charge is -2.04. The molecule has 0 spiro atoms. The number of halogens is 1. The quantitative estimate of drug-likeness (QED) is 0.932. The minimum atomic E-state index is 0.228. The number of aromatic nitrogens is 2. The van der Waals surface area contributed by atoms with Gasteiger partial charge in [0, 0.05) is 4.47 Å². The highest BCUT2D eigenvalue weighted by Crippen LogP contribution is 2.30. The highest BCUT2D eigenvalue weighted by atomic mass is 79.9. The number of benzene rings is 1. The number of nitrogens with zero attached hydrogens (tertiary/aromatic N) is 2. The van der Waals surface area contributed by atoms with Crippen molar-refractivity contribution < 1.29 is 9.26 Å². The third-order valence-electron chi connectivity index (χ3n) is 2.05. The maximum Gasteiger partial charge on any atom is 0.240 e. The Morgan fingerprint density at radius 2 is 2.31 bits per heavy atom. The molecule has 2 N–H and O–H groups in total. The smallest absolute Gasteiger partial charge is 0.240 e. The summed E-state index contributed by atoms with van der Waals surface area (Å²) in [5.41, 5.74) is 6.17. The molecule has 0 bridgehead atoms. The van der Waals surface area contributed by atoms with Gasteiger partial charge in [-0.1, -0.05) is 21.1 Å². The third kappa shape index (κ3) is 2.07. The molecular weight excluding hydrogens is 274 g/mol. The van der Waals surface area contributed by atoms with Crippen molar-refractivity contribution in [3.05, 3.63) is 28.6 Å². The second kappa shape index (κ2) is 4.63. The van der Waals surface area contributed by atoms with Crippen LogP contribution in [-0.2, 0) is 6.54 Å². The van der Waals surface area contributed by atoms with Crippen molar-refractivity contribution in [1.82, 2.24) is 10.1 Å². The highest BCUT2D eigenvalue weighted by molar-refractivity contribution is 9.10. The predicted octanol–water partition coefficient (Wildman–Crippen LogP) is 1.97. The first kappa shape index (κ1) is 11.1. The molecule has 1 heterocycles. The molecular formula is C10H10BrN3O2. The van der Waals surface area contributed by atoms with Crippen LogP contribution in [0.1, 0.15) is 5.89 Å². The van der Waals surface area contributed by atoms with Gasteiger partial charge in [-0.05, 0) is 18.2 Å². The molecule has 0 atom stereocenters. The number of hydrogen-bond acceptors (Lipinski definition) is 5. The molecule has 0 saturated heterocycles. The number of hydrogen-bond donors (Lipinski definition) is 1. The molecule has 2 aromatic rings. The van der Waals surface area contributed by atoms with Gasteiger partial charge in [-0.15, -0.1) is 0 Å². The van der Waals surface area contributed by atoms with Gasteiger partial charge in [0.05, 0.1) is 19.2 Å². The summed E-state index contributed by atoms with van der Waals surface area (Å²) >= 11 is 3.36. The van der Waals surface area contributed by atoms with E-state index in [2.05, 4.69) is 26.1 Å². The summed E-state index contributed by atoms with van der Waals surface area (Å²) in [6, 6.07) is 5.58. The molecule has 16 heavy (non-hydrogen) atoms. The van der Waals surface area contributed by atoms with Crippen molar-refractivity contribution in [3.8, 4) is 17.1 Å². The third-order valence-corrected chi connectivity index (χ3v) is 2.54. The fourth-order valence-electron chi connectivity index (χ4n) is 1.30. The lowest BCUT2D eigenvalue weighted by molar-refractivity contribution is 0.380. The van der Waals surface area contributed by atoms with Crippen molar-refractivity contribution in [2.45, 2.75) is 6.54 Å². The molecule has 2 rings (SSSR count). The number of nitrogens with two attached hydrogens (primary N) is 1. The molecule has 0 radical (unpaired) electrons. The molecule has 1 aromatic heterocycles. The molecule has 0 aliphatic carbocycles. The Kier molecular flexibility index (Phi) is 3.21. The molecule has 0 amide bonds. The van der Waals surface area contributed by atoms with Crippen molar-refractivity contribution >= 4 is 15.9 Å². The zero-order chi connectivity index (χ0) is 11.5. The van der Waals surface area contributed by atoms with Crippen LogP contribution in [0.5, 0.6) is 5.75 Å². The van der Waals surface area contributed by atoms with Crippen LogP contribution in [0.25, 0.3) is 11.4 Å². The van der Waals surface area contributed by atoms with Gasteiger partial charge in [0.1, 0.15) is 5.75 Å². The SMILES string of the molecule is COc1cc(Br)ccc1-c1noc(CN)n1. The summed E-state index contributed by atoms with van der Waals surface area (Å²) < 4.78 is 11.1. The van der Waals surface area contributed by atoms with Gasteiger partial charge < -0.3 is 15.0 Å². The molecule has 0 saturated carbocycles. The summed E-state index contributed by atoms with van der Waals surface area (Å²) in [5.74, 6) is 1.56. The zero-order valence-electron chi connectivity index (χ0n) is 8.61. The molecule has 0 aliphatic rings. The van der Waals surface area contributed by atoms with Crippen molar-refractivity contribution in [3.63, 3.8) is 0 Å². The fourth-order valence-corrected chi connectivity index (χ4v) is 1.64. The van der Waals surface area contributed by atoms with Gasteiger partial charge in [-0.2, -0.15) is 4.98 Å². The Bertz CT molecular complexity index is 499. The topological polar surface area (TPSA) is 74.2 Å². The van der Waals surface area contributed by atoms with Gasteiger partial charge in [0.15, 0.2) is 0 Å². The summed E-state index contributed by atoms with van der Waals surface area (Å²) in [6.07, 6.45) is 0. The Balaban J connectivity index is 2.46. The van der Waals surface area contributed by atoms with Gasteiger partial charge in [-0.3, -0.25) is 0 Å². The first-order valence-electron chi connectivity index (χ1n) is 4.61. The van der Waals surface area contributed by atoms with Crippen molar-refractivity contribution in [2.75, 3.05) is 7.11 Å². The lowest BCUT2D eigenvalue weighted by atomic mass is 10.2. The molecule has 84 valence electrons. The van der Waals surface area contributed by atoms with Crippen LogP contribution < -0.4 is 10.5 Å². The Hall–Kier alpha value is -1.40. The second-order valence-corrected chi connectivity index (χ2v) is 3.98. The summed E-state index contributed by atoms with van der Waals surface area (Å²) in [6.45, 7) is 0.228. The van der Waals surface area contributed by atoms with Gasteiger partial charge in [0.25, 0.3) is 0 Å². The monoisotopic (exact) mass is 283 g/mol. The first-order valence-corrected chi connectivity index (χ1v) is 5.40. The normalized spacial score (nSPS) is 10.4. The maximum atomic E-state index is 5.40. The molecule has 0 fully saturated rings. The van der Waals surface area contributed by atoms with Gasteiger partial charge in [-0.25, -0.2) is 0 Å². The average molecular weight is 284 g/mol. The van der Waals surface area contributed by atoms with Crippen LogP contribution in [0.15, 0.2) is 27.2 Å². The van der Waals surface area contributed by atoms with E-state index in [9.17, 15) is 0 Å². The number of methoxy groups -OCH3 is 1. The number of rotatable bonds is 3. The van der Waals surface area contributed by atoms with E-state index in [1.807, 2.05) is 18.2 Å². The van der Waals surface area contributed by atoms with E-state index in [1.54, 1.807) is 7.11 Å². The maximum absolute atomic E-state index is 5.40. The van der Waals surface area contributed by atoms with Crippen molar-refractivity contribution in [2.24, 2.45) is 5.73 Å². The van der Waals surface area contributed by atoms with Crippen LogP contribution in [-0.4, -0.2) is 17.3 Å². The fraction of sp³-hybridized carbons (Fsp3) is 0.200. The Morgan fingerprint density at radius 3 is 2.94 bits per heavy atom. The highest BCUT2D eigenvalue weighted by Gasteiger charge is 2.12. The van der Waals surface area contributed by atoms with Crippen LogP contribution in [0.3, 0.4) is 0 Å². The number of ether oxygens (including phenoxy) is 1. The van der Waals surface area contributed by atoms with E-state index in [-0.39, 0.29) is 6.54 Å². The standard InChI is InChI=1S/C10H10BrN3O2/c1-15-8-4-6(11)2-3-7(8)10-13-9(5-12)16-14-10/h2-4H,5,12H2,1H3. The van der Waals surface area contributed by atoms with Gasteiger partial charge in [0.2, 0.25) is 11.7 Å². The molecule has 5 nitrogen and oxygen atoms in total. The van der Waals surface area contributed by atoms with Crippen molar-refractivity contribution in [1.29, 1.82) is 0 Å². The Morgan fingerprint density at radius 1 is 1.50 bits per heavy atom.